The topological polar surface area (TPSA) is 52.3 Å². The van der Waals surface area contributed by atoms with Crippen LogP contribution in [0.5, 0.6) is 5.75 Å². The summed E-state index contributed by atoms with van der Waals surface area (Å²) in [7, 11) is 1.41. The van der Waals surface area contributed by atoms with Gasteiger partial charge in [-0.25, -0.2) is 0 Å². The number of benzene rings is 1. The van der Waals surface area contributed by atoms with Gasteiger partial charge in [0.05, 0.1) is 7.11 Å². The molecule has 2 N–H and O–H groups in total. The van der Waals surface area contributed by atoms with E-state index < -0.39 is 24.4 Å². The fraction of sp³-hybridized carbons (Fsp3) is 0.364. The molecule has 1 atom stereocenters. The van der Waals surface area contributed by atoms with Crippen LogP contribution in [0, 0.1) is 0 Å². The number of halogens is 3. The summed E-state index contributed by atoms with van der Waals surface area (Å²) in [5, 5.41) is 0. The fourth-order valence-electron chi connectivity index (χ4n) is 1.23. The molecular weight excluding hydrogens is 235 g/mol. The minimum Gasteiger partial charge on any atom is -0.497 e. The average molecular weight is 247 g/mol. The van der Waals surface area contributed by atoms with Gasteiger partial charge in [-0.2, -0.15) is 13.2 Å². The number of hydrogen-bond acceptors (Lipinski definition) is 3. The van der Waals surface area contributed by atoms with Gasteiger partial charge in [-0.15, -0.1) is 0 Å². The fourth-order valence-corrected chi connectivity index (χ4v) is 1.23. The molecular formula is C11H12F3NO2. The van der Waals surface area contributed by atoms with Crippen molar-refractivity contribution in [3.8, 4) is 5.75 Å². The zero-order valence-corrected chi connectivity index (χ0v) is 9.12. The van der Waals surface area contributed by atoms with Crippen molar-refractivity contribution in [1.82, 2.24) is 0 Å². The molecule has 0 spiro atoms. The summed E-state index contributed by atoms with van der Waals surface area (Å²) in [6.45, 7) is 0. The van der Waals surface area contributed by atoms with E-state index in [1.807, 2.05) is 0 Å². The molecule has 1 rings (SSSR count). The molecule has 0 saturated carbocycles. The first-order valence-electron chi connectivity index (χ1n) is 4.84. The van der Waals surface area contributed by atoms with Gasteiger partial charge in [-0.3, -0.25) is 4.79 Å². The molecule has 0 aliphatic carbocycles. The highest BCUT2D eigenvalue weighted by atomic mass is 19.4. The molecule has 0 radical (unpaired) electrons. The summed E-state index contributed by atoms with van der Waals surface area (Å²) in [5.41, 5.74) is 5.04. The van der Waals surface area contributed by atoms with E-state index in [1.54, 1.807) is 6.07 Å². The standard InChI is InChI=1S/C11H12F3NO2/c1-17-8-4-2-3-7(5-8)9(16)6-10(15)11(12,13)14/h2-5,10H,6,15H2,1H3. The Bertz CT molecular complexity index is 404. The van der Waals surface area contributed by atoms with Gasteiger partial charge in [-0.1, -0.05) is 12.1 Å². The Kier molecular flexibility index (Phi) is 4.11. The summed E-state index contributed by atoms with van der Waals surface area (Å²) in [4.78, 5) is 11.5. The Labute approximate surface area is 96.4 Å². The molecule has 6 heteroatoms. The van der Waals surface area contributed by atoms with Gasteiger partial charge in [0.1, 0.15) is 11.8 Å². The summed E-state index contributed by atoms with van der Waals surface area (Å²) >= 11 is 0. The molecule has 1 aromatic rings. The lowest BCUT2D eigenvalue weighted by atomic mass is 10.0. The SMILES string of the molecule is COc1cccc(C(=O)CC(N)C(F)(F)F)c1. The summed E-state index contributed by atoms with van der Waals surface area (Å²) in [6, 6.07) is 3.80. The van der Waals surface area contributed by atoms with Gasteiger partial charge in [-0.05, 0) is 12.1 Å². The number of ketones is 1. The number of methoxy groups -OCH3 is 1. The average Bonchev–Trinajstić information content (AvgIpc) is 2.27. The van der Waals surface area contributed by atoms with Gasteiger partial charge in [0.15, 0.2) is 5.78 Å². The zero-order valence-electron chi connectivity index (χ0n) is 9.12. The number of carbonyl (C=O) groups is 1. The van der Waals surface area contributed by atoms with Crippen LogP contribution in [0.4, 0.5) is 13.2 Å². The predicted octanol–water partition coefficient (Wildman–Crippen LogP) is 2.16. The molecule has 1 unspecified atom stereocenters. The van der Waals surface area contributed by atoms with Crippen molar-refractivity contribution in [2.45, 2.75) is 18.6 Å². The van der Waals surface area contributed by atoms with Gasteiger partial charge in [0.2, 0.25) is 0 Å². The van der Waals surface area contributed by atoms with Crippen molar-refractivity contribution in [2.75, 3.05) is 7.11 Å². The number of hydrogen-bond donors (Lipinski definition) is 1. The lowest BCUT2D eigenvalue weighted by Gasteiger charge is -2.14. The molecule has 0 heterocycles. The number of carbonyl (C=O) groups excluding carboxylic acids is 1. The Morgan fingerprint density at radius 3 is 2.65 bits per heavy atom. The van der Waals surface area contributed by atoms with Gasteiger partial charge in [0.25, 0.3) is 0 Å². The van der Waals surface area contributed by atoms with E-state index in [-0.39, 0.29) is 5.56 Å². The third-order valence-corrected chi connectivity index (χ3v) is 2.22. The number of Topliss-reactive ketones (excluding diaryl/α,β-unsaturated/α-hetero) is 1. The summed E-state index contributed by atoms with van der Waals surface area (Å²) in [6.07, 6.45) is -5.33. The molecule has 0 aromatic heterocycles. The van der Waals surface area contributed by atoms with Crippen LogP contribution in [0.15, 0.2) is 24.3 Å². The van der Waals surface area contributed by atoms with Crippen LogP contribution >= 0.6 is 0 Å². The number of ether oxygens (including phenoxy) is 1. The first kappa shape index (κ1) is 13.5. The van der Waals surface area contributed by atoms with E-state index in [2.05, 4.69) is 0 Å². The number of rotatable bonds is 4. The maximum absolute atomic E-state index is 12.2. The molecule has 0 amide bonds. The molecule has 94 valence electrons. The van der Waals surface area contributed by atoms with Crippen LogP contribution in [0.3, 0.4) is 0 Å². The summed E-state index contributed by atoms with van der Waals surface area (Å²) < 4.78 is 41.4. The van der Waals surface area contributed by atoms with Crippen molar-refractivity contribution >= 4 is 5.78 Å². The smallest absolute Gasteiger partial charge is 0.404 e. The molecule has 0 aliphatic heterocycles. The first-order valence-corrected chi connectivity index (χ1v) is 4.84. The minimum atomic E-state index is -4.56. The normalized spacial score (nSPS) is 13.2. The summed E-state index contributed by atoms with van der Waals surface area (Å²) in [5.74, 6) is -0.245. The Hall–Kier alpha value is -1.56. The second-order valence-corrected chi connectivity index (χ2v) is 3.51. The maximum atomic E-state index is 12.2. The van der Waals surface area contributed by atoms with Crippen molar-refractivity contribution in [1.29, 1.82) is 0 Å². The van der Waals surface area contributed by atoms with Crippen LogP contribution in [0.1, 0.15) is 16.8 Å². The molecule has 17 heavy (non-hydrogen) atoms. The highest BCUT2D eigenvalue weighted by molar-refractivity contribution is 5.96. The van der Waals surface area contributed by atoms with Crippen molar-refractivity contribution in [3.63, 3.8) is 0 Å². The monoisotopic (exact) mass is 247 g/mol. The Balaban J connectivity index is 2.76. The van der Waals surface area contributed by atoms with Crippen molar-refractivity contribution in [3.05, 3.63) is 29.8 Å². The minimum absolute atomic E-state index is 0.157. The van der Waals surface area contributed by atoms with E-state index in [0.29, 0.717) is 5.75 Å². The maximum Gasteiger partial charge on any atom is 0.404 e. The Morgan fingerprint density at radius 2 is 2.12 bits per heavy atom. The molecule has 0 saturated heterocycles. The van der Waals surface area contributed by atoms with Crippen LogP contribution in [-0.4, -0.2) is 25.1 Å². The second kappa shape index (κ2) is 5.18. The molecule has 1 aromatic carbocycles. The van der Waals surface area contributed by atoms with Gasteiger partial charge < -0.3 is 10.5 Å². The van der Waals surface area contributed by atoms with Crippen molar-refractivity contribution < 1.29 is 22.7 Å². The highest BCUT2D eigenvalue weighted by Crippen LogP contribution is 2.22. The molecule has 0 bridgehead atoms. The third kappa shape index (κ3) is 3.74. The zero-order chi connectivity index (χ0) is 13.1. The van der Waals surface area contributed by atoms with E-state index >= 15 is 0 Å². The van der Waals surface area contributed by atoms with E-state index in [4.69, 9.17) is 10.5 Å². The van der Waals surface area contributed by atoms with Crippen LogP contribution in [0.2, 0.25) is 0 Å². The Morgan fingerprint density at radius 1 is 1.47 bits per heavy atom. The van der Waals surface area contributed by atoms with E-state index in [9.17, 15) is 18.0 Å². The van der Waals surface area contributed by atoms with Crippen molar-refractivity contribution in [2.24, 2.45) is 5.73 Å². The molecule has 0 aliphatic rings. The molecule has 0 fully saturated rings. The van der Waals surface area contributed by atoms with Crippen LogP contribution in [-0.2, 0) is 0 Å². The lowest BCUT2D eigenvalue weighted by molar-refractivity contribution is -0.146. The number of alkyl halides is 3. The van der Waals surface area contributed by atoms with E-state index in [0.717, 1.165) is 0 Å². The largest absolute Gasteiger partial charge is 0.497 e. The quantitative estimate of drug-likeness (QED) is 0.829. The lowest BCUT2D eigenvalue weighted by Crippen LogP contribution is -2.39. The molecule has 3 nitrogen and oxygen atoms in total. The highest BCUT2D eigenvalue weighted by Gasteiger charge is 2.37. The van der Waals surface area contributed by atoms with Gasteiger partial charge in [0, 0.05) is 12.0 Å². The van der Waals surface area contributed by atoms with E-state index in [1.165, 1.54) is 25.3 Å². The van der Waals surface area contributed by atoms with Gasteiger partial charge >= 0.3 is 6.18 Å². The third-order valence-electron chi connectivity index (χ3n) is 2.22. The number of nitrogens with two attached hydrogens (primary N) is 1. The predicted molar refractivity (Wildman–Crippen MR) is 56.0 cm³/mol. The first-order chi connectivity index (χ1) is 7.84. The van der Waals surface area contributed by atoms with Crippen LogP contribution in [0.25, 0.3) is 0 Å². The van der Waals surface area contributed by atoms with Crippen LogP contribution < -0.4 is 10.5 Å². The second-order valence-electron chi connectivity index (χ2n) is 3.51.